The molecule has 0 bridgehead atoms. The first-order valence-electron chi connectivity index (χ1n) is 9.11. The van der Waals surface area contributed by atoms with E-state index >= 15 is 0 Å². The highest BCUT2D eigenvalue weighted by Crippen LogP contribution is 2.23. The van der Waals surface area contributed by atoms with Crippen LogP contribution >= 0.6 is 0 Å². The maximum atomic E-state index is 5.00. The number of benzene rings is 4. The molecular formula is C25H22N2. The molecule has 0 N–H and O–H groups in total. The highest BCUT2D eigenvalue weighted by Gasteiger charge is 2.08. The van der Waals surface area contributed by atoms with Crippen molar-refractivity contribution in [3.63, 3.8) is 0 Å². The van der Waals surface area contributed by atoms with Gasteiger partial charge >= 0.3 is 0 Å². The lowest BCUT2D eigenvalue weighted by Gasteiger charge is -2.13. The Balaban J connectivity index is 1.83. The number of hydrogen-bond donors (Lipinski definition) is 0. The van der Waals surface area contributed by atoms with Gasteiger partial charge in [-0.15, -0.1) is 0 Å². The minimum atomic E-state index is 0.951. The summed E-state index contributed by atoms with van der Waals surface area (Å²) >= 11 is 0. The van der Waals surface area contributed by atoms with Crippen molar-refractivity contribution < 1.29 is 0 Å². The number of hydrogen-bond acceptors (Lipinski definition) is 2. The average Bonchev–Trinajstić information content (AvgIpc) is 2.72. The highest BCUT2D eigenvalue weighted by atomic mass is 15.1. The lowest BCUT2D eigenvalue weighted by Crippen LogP contribution is -2.07. The van der Waals surface area contributed by atoms with Crippen molar-refractivity contribution in [2.75, 3.05) is 19.0 Å². The summed E-state index contributed by atoms with van der Waals surface area (Å²) in [6, 6.07) is 33.7. The van der Waals surface area contributed by atoms with Crippen LogP contribution in [-0.4, -0.2) is 19.8 Å². The van der Waals surface area contributed by atoms with Crippen LogP contribution in [0.25, 0.3) is 10.8 Å². The normalized spacial score (nSPS) is 11.6. The summed E-state index contributed by atoms with van der Waals surface area (Å²) in [5, 5.41) is 2.46. The van der Waals surface area contributed by atoms with Gasteiger partial charge in [0, 0.05) is 30.9 Å². The Morgan fingerprint density at radius 2 is 1.30 bits per heavy atom. The molecule has 0 spiro atoms. The lowest BCUT2D eigenvalue weighted by atomic mass is 9.99. The topological polar surface area (TPSA) is 15.6 Å². The van der Waals surface area contributed by atoms with Gasteiger partial charge in [-0.3, -0.25) is 0 Å². The molecule has 0 radical (unpaired) electrons. The molecule has 0 amide bonds. The number of aliphatic imine (C=N–C) groups is 1. The zero-order valence-corrected chi connectivity index (χ0v) is 15.6. The van der Waals surface area contributed by atoms with E-state index in [1.54, 1.807) is 0 Å². The van der Waals surface area contributed by atoms with E-state index in [9.17, 15) is 0 Å². The van der Waals surface area contributed by atoms with Crippen LogP contribution in [0.4, 0.5) is 11.4 Å². The van der Waals surface area contributed by atoms with Crippen LogP contribution in [0.1, 0.15) is 11.1 Å². The third-order valence-corrected chi connectivity index (χ3v) is 4.68. The SMILES string of the molecule is CN(C)c1ccc(N=C(c2ccccc2)c2ccc3ccccc3c2)cc1. The predicted octanol–water partition coefficient (Wildman–Crippen LogP) is 6.07. The van der Waals surface area contributed by atoms with Crippen LogP contribution in [0.3, 0.4) is 0 Å². The molecule has 4 rings (SSSR count). The molecule has 0 unspecified atom stereocenters. The first kappa shape index (κ1) is 17.0. The van der Waals surface area contributed by atoms with E-state index in [2.05, 4.69) is 95.9 Å². The fourth-order valence-electron chi connectivity index (χ4n) is 3.18. The van der Waals surface area contributed by atoms with E-state index in [-0.39, 0.29) is 0 Å². The van der Waals surface area contributed by atoms with Crippen molar-refractivity contribution in [3.05, 3.63) is 108 Å². The average molecular weight is 350 g/mol. The lowest BCUT2D eigenvalue weighted by molar-refractivity contribution is 1.13. The molecule has 0 atom stereocenters. The Labute approximate surface area is 160 Å². The summed E-state index contributed by atoms with van der Waals surface area (Å²) < 4.78 is 0. The van der Waals surface area contributed by atoms with Gasteiger partial charge in [0.05, 0.1) is 11.4 Å². The van der Waals surface area contributed by atoms with Crippen molar-refractivity contribution in [2.45, 2.75) is 0 Å². The molecule has 0 saturated carbocycles. The van der Waals surface area contributed by atoms with E-state index in [4.69, 9.17) is 4.99 Å². The second-order valence-electron chi connectivity index (χ2n) is 6.80. The number of rotatable bonds is 4. The first-order chi connectivity index (χ1) is 13.2. The minimum absolute atomic E-state index is 0.951. The first-order valence-corrected chi connectivity index (χ1v) is 9.11. The van der Waals surface area contributed by atoms with Gasteiger partial charge in [-0.1, -0.05) is 66.7 Å². The summed E-state index contributed by atoms with van der Waals surface area (Å²) in [6.45, 7) is 0. The van der Waals surface area contributed by atoms with Gasteiger partial charge in [0.25, 0.3) is 0 Å². The molecule has 27 heavy (non-hydrogen) atoms. The Kier molecular flexibility index (Phi) is 4.71. The molecule has 0 aromatic heterocycles. The van der Waals surface area contributed by atoms with Gasteiger partial charge in [0.1, 0.15) is 0 Å². The molecule has 0 aliphatic rings. The second-order valence-corrected chi connectivity index (χ2v) is 6.80. The van der Waals surface area contributed by atoms with Crippen LogP contribution in [0, 0.1) is 0 Å². The molecule has 4 aromatic rings. The van der Waals surface area contributed by atoms with E-state index in [1.165, 1.54) is 16.5 Å². The third kappa shape index (κ3) is 3.75. The van der Waals surface area contributed by atoms with Crippen LogP contribution in [0.2, 0.25) is 0 Å². The predicted molar refractivity (Wildman–Crippen MR) is 116 cm³/mol. The van der Waals surface area contributed by atoms with Gasteiger partial charge in [-0.25, -0.2) is 4.99 Å². The zero-order valence-electron chi connectivity index (χ0n) is 15.6. The Morgan fingerprint density at radius 3 is 2.00 bits per heavy atom. The smallest absolute Gasteiger partial charge is 0.0781 e. The van der Waals surface area contributed by atoms with Gasteiger partial charge in [0.2, 0.25) is 0 Å². The fraction of sp³-hybridized carbons (Fsp3) is 0.0800. The van der Waals surface area contributed by atoms with Crippen molar-refractivity contribution in [3.8, 4) is 0 Å². The summed E-state index contributed by atoms with van der Waals surface area (Å²) in [6.07, 6.45) is 0. The summed E-state index contributed by atoms with van der Waals surface area (Å²) in [7, 11) is 4.09. The number of fused-ring (bicyclic) bond motifs is 1. The summed E-state index contributed by atoms with van der Waals surface area (Å²) in [5.74, 6) is 0. The summed E-state index contributed by atoms with van der Waals surface area (Å²) in [5.41, 5.74) is 5.34. The van der Waals surface area contributed by atoms with Crippen LogP contribution in [0.5, 0.6) is 0 Å². The van der Waals surface area contributed by atoms with Gasteiger partial charge in [-0.2, -0.15) is 0 Å². The van der Waals surface area contributed by atoms with Crippen LogP contribution < -0.4 is 4.90 Å². The fourth-order valence-corrected chi connectivity index (χ4v) is 3.18. The molecule has 0 aliphatic carbocycles. The van der Waals surface area contributed by atoms with Crippen LogP contribution in [0.15, 0.2) is 102 Å². The van der Waals surface area contributed by atoms with E-state index in [0.29, 0.717) is 0 Å². The standard InChI is InChI=1S/C25H22N2/c1-27(2)24-16-14-23(15-17-24)26-25(20-9-4-3-5-10-20)22-13-12-19-8-6-7-11-21(19)18-22/h3-18H,1-2H3. The van der Waals surface area contributed by atoms with Crippen molar-refractivity contribution in [2.24, 2.45) is 4.99 Å². The maximum absolute atomic E-state index is 5.00. The van der Waals surface area contributed by atoms with Gasteiger partial charge in [-0.05, 0) is 41.1 Å². The molecule has 132 valence electrons. The van der Waals surface area contributed by atoms with Crippen molar-refractivity contribution in [1.82, 2.24) is 0 Å². The number of anilines is 1. The van der Waals surface area contributed by atoms with E-state index < -0.39 is 0 Å². The number of nitrogens with zero attached hydrogens (tertiary/aromatic N) is 2. The molecule has 4 aromatic carbocycles. The summed E-state index contributed by atoms with van der Waals surface area (Å²) in [4.78, 5) is 7.10. The molecular weight excluding hydrogens is 328 g/mol. The van der Waals surface area contributed by atoms with Gasteiger partial charge in [0.15, 0.2) is 0 Å². The Morgan fingerprint density at radius 1 is 0.630 bits per heavy atom. The Bertz CT molecular complexity index is 1080. The largest absolute Gasteiger partial charge is 0.378 e. The van der Waals surface area contributed by atoms with E-state index in [0.717, 1.165) is 22.5 Å². The molecule has 0 aliphatic heterocycles. The molecule has 2 nitrogen and oxygen atoms in total. The van der Waals surface area contributed by atoms with E-state index in [1.807, 2.05) is 20.2 Å². The van der Waals surface area contributed by atoms with Crippen molar-refractivity contribution in [1.29, 1.82) is 0 Å². The highest BCUT2D eigenvalue weighted by molar-refractivity contribution is 6.15. The van der Waals surface area contributed by atoms with Gasteiger partial charge < -0.3 is 4.90 Å². The molecule has 0 saturated heterocycles. The Hall–Kier alpha value is -3.39. The molecule has 0 heterocycles. The third-order valence-electron chi connectivity index (χ3n) is 4.68. The van der Waals surface area contributed by atoms with Crippen LogP contribution in [-0.2, 0) is 0 Å². The minimum Gasteiger partial charge on any atom is -0.378 e. The molecule has 2 heteroatoms. The maximum Gasteiger partial charge on any atom is 0.0781 e. The quantitative estimate of drug-likeness (QED) is 0.408. The second kappa shape index (κ2) is 7.46. The monoisotopic (exact) mass is 350 g/mol. The van der Waals surface area contributed by atoms with Crippen molar-refractivity contribution >= 4 is 27.9 Å². The molecule has 0 fully saturated rings. The zero-order chi connectivity index (χ0) is 18.6.